The van der Waals surface area contributed by atoms with E-state index in [1.807, 2.05) is 0 Å². The molecule has 0 aliphatic carbocycles. The van der Waals surface area contributed by atoms with Crippen LogP contribution < -0.4 is 4.90 Å². The van der Waals surface area contributed by atoms with Crippen molar-refractivity contribution in [2.75, 3.05) is 4.90 Å². The van der Waals surface area contributed by atoms with Crippen molar-refractivity contribution in [1.29, 1.82) is 0 Å². The van der Waals surface area contributed by atoms with E-state index in [1.54, 1.807) is 0 Å². The summed E-state index contributed by atoms with van der Waals surface area (Å²) in [6.07, 6.45) is 4.44. The molecule has 7 aromatic carbocycles. The summed E-state index contributed by atoms with van der Waals surface area (Å²) in [5, 5.41) is 7.80. The Kier molecular flexibility index (Phi) is 4.89. The molecule has 8 rings (SSSR count). The topological polar surface area (TPSA) is 3.24 Å². The quantitative estimate of drug-likeness (QED) is 0.216. The van der Waals surface area contributed by atoms with Gasteiger partial charge < -0.3 is 4.90 Å². The standard InChI is InChI=1S/C38H25N/c1-7-18-37-26(10-1)20-21-27-11-2-8-19-38(27)39(37)30-13-9-12-28(24-30)29-22-23-35-33-16-4-3-14-31(33)32-15-5-6-17-34(32)36(35)25-29/h1-25H. The number of hydrogen-bond donors (Lipinski definition) is 0. The number of para-hydroxylation sites is 2. The van der Waals surface area contributed by atoms with E-state index in [2.05, 4.69) is 157 Å². The molecule has 0 fully saturated rings. The number of fused-ring (bicyclic) bond motifs is 8. The maximum absolute atomic E-state index is 2.39. The zero-order valence-corrected chi connectivity index (χ0v) is 21.4. The first kappa shape index (κ1) is 21.9. The van der Waals surface area contributed by atoms with Crippen molar-refractivity contribution in [2.24, 2.45) is 0 Å². The van der Waals surface area contributed by atoms with Gasteiger partial charge in [-0.05, 0) is 84.9 Å². The van der Waals surface area contributed by atoms with Crippen LogP contribution in [0.5, 0.6) is 0 Å². The lowest BCUT2D eigenvalue weighted by molar-refractivity contribution is 1.28. The molecule has 0 unspecified atom stereocenters. The molecule has 0 spiro atoms. The highest BCUT2D eigenvalue weighted by Crippen LogP contribution is 2.43. The summed E-state index contributed by atoms with van der Waals surface area (Å²) in [5.74, 6) is 0. The maximum atomic E-state index is 2.39. The van der Waals surface area contributed by atoms with Crippen LogP contribution in [-0.4, -0.2) is 0 Å². The summed E-state index contributed by atoms with van der Waals surface area (Å²) in [6, 6.07) is 50.7. The predicted octanol–water partition coefficient (Wildman–Crippen LogP) is 10.8. The third kappa shape index (κ3) is 3.48. The van der Waals surface area contributed by atoms with Crippen molar-refractivity contribution in [3.8, 4) is 11.1 Å². The molecule has 0 N–H and O–H groups in total. The van der Waals surface area contributed by atoms with Crippen LogP contribution in [0.1, 0.15) is 11.1 Å². The van der Waals surface area contributed by atoms with Crippen molar-refractivity contribution in [3.63, 3.8) is 0 Å². The molecule has 1 heterocycles. The van der Waals surface area contributed by atoms with Crippen molar-refractivity contribution >= 4 is 61.5 Å². The molecule has 0 atom stereocenters. The number of hydrogen-bond acceptors (Lipinski definition) is 1. The molecule has 1 heteroatoms. The smallest absolute Gasteiger partial charge is 0.0534 e. The van der Waals surface area contributed by atoms with Gasteiger partial charge in [-0.1, -0.05) is 121 Å². The fourth-order valence-electron chi connectivity index (χ4n) is 6.16. The summed E-state index contributed by atoms with van der Waals surface area (Å²) in [4.78, 5) is 2.39. The lowest BCUT2D eigenvalue weighted by Gasteiger charge is -2.27. The number of nitrogens with zero attached hydrogens (tertiary/aromatic N) is 1. The van der Waals surface area contributed by atoms with Gasteiger partial charge in [-0.3, -0.25) is 0 Å². The van der Waals surface area contributed by atoms with E-state index in [1.165, 1.54) is 65.9 Å². The first-order valence-corrected chi connectivity index (χ1v) is 13.5. The molecule has 39 heavy (non-hydrogen) atoms. The Bertz CT molecular complexity index is 2000. The molecule has 7 aromatic rings. The lowest BCUT2D eigenvalue weighted by atomic mass is 9.92. The van der Waals surface area contributed by atoms with Gasteiger partial charge in [0.15, 0.2) is 0 Å². The summed E-state index contributed by atoms with van der Waals surface area (Å²) < 4.78 is 0. The van der Waals surface area contributed by atoms with Gasteiger partial charge in [0.2, 0.25) is 0 Å². The van der Waals surface area contributed by atoms with Crippen molar-refractivity contribution in [2.45, 2.75) is 0 Å². The lowest BCUT2D eigenvalue weighted by Crippen LogP contribution is -2.11. The first-order valence-electron chi connectivity index (χ1n) is 13.5. The van der Waals surface area contributed by atoms with Crippen LogP contribution in [0, 0.1) is 0 Å². The van der Waals surface area contributed by atoms with Gasteiger partial charge in [0.1, 0.15) is 0 Å². The number of anilines is 3. The number of benzene rings is 7. The highest BCUT2D eigenvalue weighted by atomic mass is 15.1. The van der Waals surface area contributed by atoms with Crippen LogP contribution in [0.2, 0.25) is 0 Å². The predicted molar refractivity (Wildman–Crippen MR) is 168 cm³/mol. The largest absolute Gasteiger partial charge is 0.309 e. The Morgan fingerprint density at radius 2 is 0.821 bits per heavy atom. The second-order valence-corrected chi connectivity index (χ2v) is 10.2. The molecule has 1 nitrogen and oxygen atoms in total. The average Bonchev–Trinajstić information content (AvgIpc) is 3.18. The maximum Gasteiger partial charge on any atom is 0.0534 e. The molecule has 0 saturated carbocycles. The summed E-state index contributed by atoms with van der Waals surface area (Å²) >= 11 is 0. The monoisotopic (exact) mass is 495 g/mol. The van der Waals surface area contributed by atoms with Gasteiger partial charge >= 0.3 is 0 Å². The van der Waals surface area contributed by atoms with E-state index in [0.29, 0.717) is 0 Å². The zero-order chi connectivity index (χ0) is 25.8. The average molecular weight is 496 g/mol. The van der Waals surface area contributed by atoms with Gasteiger partial charge in [0, 0.05) is 5.69 Å². The Morgan fingerprint density at radius 1 is 0.333 bits per heavy atom. The van der Waals surface area contributed by atoms with E-state index >= 15 is 0 Å². The van der Waals surface area contributed by atoms with Crippen LogP contribution >= 0.6 is 0 Å². The molecule has 182 valence electrons. The van der Waals surface area contributed by atoms with Crippen LogP contribution in [-0.2, 0) is 0 Å². The van der Waals surface area contributed by atoms with E-state index in [9.17, 15) is 0 Å². The highest BCUT2D eigenvalue weighted by Gasteiger charge is 2.20. The van der Waals surface area contributed by atoms with E-state index in [4.69, 9.17) is 0 Å². The SMILES string of the molecule is C1=Cc2ccccc2N(c2cccc(-c3ccc4c5ccccc5c5ccccc5c4c3)c2)c2ccccc21. The summed E-state index contributed by atoms with van der Waals surface area (Å²) in [6.45, 7) is 0. The molecule has 0 bridgehead atoms. The van der Waals surface area contributed by atoms with E-state index in [0.717, 1.165) is 5.69 Å². The van der Waals surface area contributed by atoms with Crippen LogP contribution in [0.25, 0.3) is 55.6 Å². The van der Waals surface area contributed by atoms with Gasteiger partial charge in [-0.2, -0.15) is 0 Å². The van der Waals surface area contributed by atoms with Gasteiger partial charge in [-0.25, -0.2) is 0 Å². The summed E-state index contributed by atoms with van der Waals surface area (Å²) in [5.41, 5.74) is 8.38. The molecule has 0 amide bonds. The van der Waals surface area contributed by atoms with Crippen LogP contribution in [0.3, 0.4) is 0 Å². The van der Waals surface area contributed by atoms with Crippen LogP contribution in [0.4, 0.5) is 17.1 Å². The van der Waals surface area contributed by atoms with Gasteiger partial charge in [0.05, 0.1) is 11.4 Å². The minimum absolute atomic E-state index is 1.15. The Labute approximate surface area is 227 Å². The Morgan fingerprint density at radius 3 is 1.44 bits per heavy atom. The Balaban J connectivity index is 1.34. The molecule has 1 aliphatic rings. The summed E-state index contributed by atoms with van der Waals surface area (Å²) in [7, 11) is 0. The molecule has 0 radical (unpaired) electrons. The third-order valence-corrected chi connectivity index (χ3v) is 7.98. The van der Waals surface area contributed by atoms with Crippen molar-refractivity contribution < 1.29 is 0 Å². The highest BCUT2D eigenvalue weighted by molar-refractivity contribution is 6.25. The van der Waals surface area contributed by atoms with Crippen molar-refractivity contribution in [3.05, 3.63) is 151 Å². The van der Waals surface area contributed by atoms with Gasteiger partial charge in [0.25, 0.3) is 0 Å². The fourth-order valence-corrected chi connectivity index (χ4v) is 6.16. The molecular weight excluding hydrogens is 470 g/mol. The van der Waals surface area contributed by atoms with Crippen molar-refractivity contribution in [1.82, 2.24) is 0 Å². The first-order chi connectivity index (χ1) is 19.3. The fraction of sp³-hybridized carbons (Fsp3) is 0. The Hall–Kier alpha value is -5.14. The molecular formula is C38H25N. The minimum Gasteiger partial charge on any atom is -0.309 e. The molecule has 0 saturated heterocycles. The second kappa shape index (κ2) is 8.72. The third-order valence-electron chi connectivity index (χ3n) is 7.98. The normalized spacial score (nSPS) is 12.5. The van der Waals surface area contributed by atoms with E-state index < -0.39 is 0 Å². The minimum atomic E-state index is 1.15. The van der Waals surface area contributed by atoms with Crippen LogP contribution in [0.15, 0.2) is 140 Å². The number of rotatable bonds is 2. The second-order valence-electron chi connectivity index (χ2n) is 10.2. The zero-order valence-electron chi connectivity index (χ0n) is 21.4. The molecule has 1 aliphatic heterocycles. The molecule has 0 aromatic heterocycles. The van der Waals surface area contributed by atoms with E-state index in [-0.39, 0.29) is 0 Å². The van der Waals surface area contributed by atoms with Gasteiger partial charge in [-0.15, -0.1) is 0 Å².